The van der Waals surface area contributed by atoms with Gasteiger partial charge in [0.15, 0.2) is 0 Å². The molecule has 21 heavy (non-hydrogen) atoms. The Balaban J connectivity index is 2.48. The minimum absolute atomic E-state index is 0.0589. The van der Waals surface area contributed by atoms with Crippen LogP contribution in [0.1, 0.15) is 10.4 Å². The van der Waals surface area contributed by atoms with Gasteiger partial charge in [0.1, 0.15) is 5.69 Å². The average molecular weight is 372 g/mol. The van der Waals surface area contributed by atoms with E-state index in [2.05, 4.69) is 21.2 Å². The van der Waals surface area contributed by atoms with Crippen molar-refractivity contribution >= 4 is 50.6 Å². The fraction of sp³-hybridized carbons (Fsp3) is 0. The molecule has 6 nitrogen and oxygen atoms in total. The normalized spacial score (nSPS) is 10.2. The topological polar surface area (TPSA) is 92.5 Å². The first-order chi connectivity index (χ1) is 9.88. The molecule has 0 saturated carbocycles. The fourth-order valence-corrected chi connectivity index (χ4v) is 2.39. The fourth-order valence-electron chi connectivity index (χ4n) is 1.66. The average Bonchev–Trinajstić information content (AvgIpc) is 2.41. The van der Waals surface area contributed by atoms with E-state index in [0.29, 0.717) is 10.7 Å². The van der Waals surface area contributed by atoms with Crippen molar-refractivity contribution in [3.63, 3.8) is 0 Å². The molecule has 2 aromatic rings. The van der Waals surface area contributed by atoms with Crippen molar-refractivity contribution in [3.05, 3.63) is 61.6 Å². The standard InChI is InChI=1S/C13H8BrClN2O4/c14-8-2-3-10(9(15)6-8)16-11-5-7(13(18)19)1-4-12(11)17(20)21/h1-6,16H,(H,18,19). The van der Waals surface area contributed by atoms with E-state index in [9.17, 15) is 14.9 Å². The lowest BCUT2D eigenvalue weighted by Gasteiger charge is -2.10. The summed E-state index contributed by atoms with van der Waals surface area (Å²) in [6.45, 7) is 0. The van der Waals surface area contributed by atoms with Gasteiger partial charge >= 0.3 is 5.97 Å². The smallest absolute Gasteiger partial charge is 0.335 e. The third kappa shape index (κ3) is 3.50. The third-order valence-electron chi connectivity index (χ3n) is 2.64. The molecule has 0 amide bonds. The quantitative estimate of drug-likeness (QED) is 0.612. The number of carbonyl (C=O) groups is 1. The lowest BCUT2D eigenvalue weighted by molar-refractivity contribution is -0.383. The minimum Gasteiger partial charge on any atom is -0.478 e. The number of anilines is 2. The molecule has 0 fully saturated rings. The molecule has 0 aliphatic rings. The van der Waals surface area contributed by atoms with Crippen molar-refractivity contribution in [1.82, 2.24) is 0 Å². The van der Waals surface area contributed by atoms with Gasteiger partial charge in [0.25, 0.3) is 5.69 Å². The van der Waals surface area contributed by atoms with Crippen LogP contribution in [0.2, 0.25) is 5.02 Å². The zero-order valence-electron chi connectivity index (χ0n) is 10.3. The Hall–Kier alpha value is -2.12. The Morgan fingerprint density at radius 1 is 1.24 bits per heavy atom. The van der Waals surface area contributed by atoms with E-state index in [1.165, 1.54) is 12.1 Å². The first kappa shape index (κ1) is 15.3. The van der Waals surface area contributed by atoms with Gasteiger partial charge in [-0.15, -0.1) is 0 Å². The Morgan fingerprint density at radius 2 is 1.95 bits per heavy atom. The second kappa shape index (κ2) is 6.11. The van der Waals surface area contributed by atoms with E-state index in [1.54, 1.807) is 18.2 Å². The molecule has 0 heterocycles. The van der Waals surface area contributed by atoms with Gasteiger partial charge in [-0.3, -0.25) is 10.1 Å². The number of carboxylic acid groups (broad SMARTS) is 1. The molecule has 0 unspecified atom stereocenters. The van der Waals surface area contributed by atoms with Crippen LogP contribution < -0.4 is 5.32 Å². The van der Waals surface area contributed by atoms with Gasteiger partial charge in [0, 0.05) is 10.5 Å². The largest absolute Gasteiger partial charge is 0.478 e. The summed E-state index contributed by atoms with van der Waals surface area (Å²) in [5.74, 6) is -1.17. The van der Waals surface area contributed by atoms with Crippen molar-refractivity contribution in [3.8, 4) is 0 Å². The zero-order chi connectivity index (χ0) is 15.6. The van der Waals surface area contributed by atoms with Gasteiger partial charge in [-0.25, -0.2) is 4.79 Å². The number of hydrogen-bond acceptors (Lipinski definition) is 4. The molecule has 0 aromatic heterocycles. The summed E-state index contributed by atoms with van der Waals surface area (Å²) in [5.41, 5.74) is 0.199. The molecule has 0 saturated heterocycles. The number of nitro benzene ring substituents is 1. The SMILES string of the molecule is O=C(O)c1ccc([N+](=O)[O-])c(Nc2ccc(Br)cc2Cl)c1. The second-order valence-electron chi connectivity index (χ2n) is 4.04. The Bertz CT molecular complexity index is 736. The molecule has 2 rings (SSSR count). The number of nitrogens with one attached hydrogen (secondary N) is 1. The summed E-state index contributed by atoms with van der Waals surface area (Å²) in [5, 5.41) is 23.1. The van der Waals surface area contributed by atoms with Crippen molar-refractivity contribution in [2.75, 3.05) is 5.32 Å². The highest BCUT2D eigenvalue weighted by molar-refractivity contribution is 9.10. The highest BCUT2D eigenvalue weighted by atomic mass is 79.9. The summed E-state index contributed by atoms with van der Waals surface area (Å²) in [4.78, 5) is 21.4. The van der Waals surface area contributed by atoms with E-state index in [4.69, 9.17) is 16.7 Å². The van der Waals surface area contributed by atoms with Gasteiger partial charge in [-0.05, 0) is 30.3 Å². The predicted molar refractivity (Wildman–Crippen MR) is 82.5 cm³/mol. The molecular weight excluding hydrogens is 364 g/mol. The Labute approximate surface area is 132 Å². The first-order valence-corrected chi connectivity index (χ1v) is 6.79. The molecule has 2 N–H and O–H groups in total. The van der Waals surface area contributed by atoms with E-state index >= 15 is 0 Å². The van der Waals surface area contributed by atoms with Crippen molar-refractivity contribution in [1.29, 1.82) is 0 Å². The molecule has 0 radical (unpaired) electrons. The summed E-state index contributed by atoms with van der Waals surface area (Å²) >= 11 is 9.29. The van der Waals surface area contributed by atoms with E-state index in [1.807, 2.05) is 0 Å². The Morgan fingerprint density at radius 3 is 2.52 bits per heavy atom. The van der Waals surface area contributed by atoms with Crippen LogP contribution in [0.3, 0.4) is 0 Å². The van der Waals surface area contributed by atoms with E-state index < -0.39 is 10.9 Å². The number of benzene rings is 2. The van der Waals surface area contributed by atoms with Gasteiger partial charge < -0.3 is 10.4 Å². The summed E-state index contributed by atoms with van der Waals surface area (Å²) in [6.07, 6.45) is 0. The molecule has 0 spiro atoms. The second-order valence-corrected chi connectivity index (χ2v) is 5.37. The summed E-state index contributed by atoms with van der Waals surface area (Å²) in [6, 6.07) is 8.47. The molecule has 0 bridgehead atoms. The highest BCUT2D eigenvalue weighted by Crippen LogP contribution is 2.33. The van der Waals surface area contributed by atoms with Crippen LogP contribution in [-0.4, -0.2) is 16.0 Å². The van der Waals surface area contributed by atoms with Crippen LogP contribution in [0.5, 0.6) is 0 Å². The summed E-state index contributed by atoms with van der Waals surface area (Å²) < 4.78 is 0.756. The maximum absolute atomic E-state index is 11.0. The van der Waals surface area contributed by atoms with E-state index in [0.717, 1.165) is 10.5 Å². The van der Waals surface area contributed by atoms with Crippen LogP contribution in [0, 0.1) is 10.1 Å². The van der Waals surface area contributed by atoms with Gasteiger partial charge in [0.05, 0.1) is 21.2 Å². The van der Waals surface area contributed by atoms with Gasteiger partial charge in [-0.1, -0.05) is 27.5 Å². The zero-order valence-corrected chi connectivity index (χ0v) is 12.7. The number of nitrogens with zero attached hydrogens (tertiary/aromatic N) is 1. The lowest BCUT2D eigenvalue weighted by atomic mass is 10.1. The first-order valence-electron chi connectivity index (χ1n) is 5.62. The van der Waals surface area contributed by atoms with Crippen LogP contribution in [-0.2, 0) is 0 Å². The van der Waals surface area contributed by atoms with Crippen LogP contribution in [0.4, 0.5) is 17.1 Å². The molecule has 0 atom stereocenters. The number of halogens is 2. The molecule has 108 valence electrons. The number of hydrogen-bond donors (Lipinski definition) is 2. The number of carboxylic acids is 1. The molecule has 0 aliphatic heterocycles. The Kier molecular flexibility index (Phi) is 4.44. The van der Waals surface area contributed by atoms with E-state index in [-0.39, 0.29) is 16.9 Å². The predicted octanol–water partition coefficient (Wildman–Crippen LogP) is 4.45. The van der Waals surface area contributed by atoms with Crippen LogP contribution in [0.25, 0.3) is 0 Å². The van der Waals surface area contributed by atoms with Crippen molar-refractivity contribution < 1.29 is 14.8 Å². The molecule has 0 aliphatic carbocycles. The highest BCUT2D eigenvalue weighted by Gasteiger charge is 2.17. The maximum atomic E-state index is 11.0. The molecule has 8 heteroatoms. The molecular formula is C13H8BrClN2O4. The maximum Gasteiger partial charge on any atom is 0.335 e. The number of nitro groups is 1. The van der Waals surface area contributed by atoms with Crippen molar-refractivity contribution in [2.45, 2.75) is 0 Å². The monoisotopic (exact) mass is 370 g/mol. The van der Waals surface area contributed by atoms with Crippen LogP contribution in [0.15, 0.2) is 40.9 Å². The lowest BCUT2D eigenvalue weighted by Crippen LogP contribution is -2.02. The number of rotatable bonds is 4. The summed E-state index contributed by atoms with van der Waals surface area (Å²) in [7, 11) is 0. The van der Waals surface area contributed by atoms with Gasteiger partial charge in [0.2, 0.25) is 0 Å². The molecule has 2 aromatic carbocycles. The number of aromatic carboxylic acids is 1. The third-order valence-corrected chi connectivity index (χ3v) is 3.45. The van der Waals surface area contributed by atoms with Crippen molar-refractivity contribution in [2.24, 2.45) is 0 Å². The van der Waals surface area contributed by atoms with Crippen LogP contribution >= 0.6 is 27.5 Å². The van der Waals surface area contributed by atoms with Gasteiger partial charge in [-0.2, -0.15) is 0 Å². The minimum atomic E-state index is -1.17.